The molecule has 3 N–H and O–H groups in total. The first-order valence-corrected chi connectivity index (χ1v) is 6.80. The first kappa shape index (κ1) is 10.6. The molecular weight excluding hydrogens is 224 g/mol. The topological polar surface area (TPSA) is 48.0 Å². The maximum absolute atomic E-state index is 9.38. The van der Waals surface area contributed by atoms with Gasteiger partial charge in [0.05, 0.1) is 0 Å². The maximum Gasteiger partial charge on any atom is 0.0471 e. The lowest BCUT2D eigenvalue weighted by Crippen LogP contribution is -2.47. The zero-order valence-corrected chi connectivity index (χ0v) is 10.3. The number of H-pyrrole nitrogens is 1. The third-order valence-corrected chi connectivity index (χ3v) is 4.66. The second-order valence-electron chi connectivity index (χ2n) is 5.69. The van der Waals surface area contributed by atoms with E-state index in [2.05, 4.69) is 34.7 Å². The SMILES string of the molecule is OCC1CN[C@@H]2Cc3c[nH]c4cccc(c34)C2C1. The van der Waals surface area contributed by atoms with Gasteiger partial charge in [0, 0.05) is 42.2 Å². The lowest BCUT2D eigenvalue weighted by atomic mass is 9.73. The highest BCUT2D eigenvalue weighted by atomic mass is 16.3. The molecule has 94 valence electrons. The molecule has 0 radical (unpaired) electrons. The molecule has 0 bridgehead atoms. The van der Waals surface area contributed by atoms with Gasteiger partial charge in [0.2, 0.25) is 0 Å². The zero-order valence-electron chi connectivity index (χ0n) is 10.3. The Kier molecular flexibility index (Phi) is 2.26. The quantitative estimate of drug-likeness (QED) is 0.714. The third-order valence-electron chi connectivity index (χ3n) is 4.66. The number of aromatic nitrogens is 1. The predicted molar refractivity (Wildman–Crippen MR) is 71.7 cm³/mol. The molecule has 1 saturated heterocycles. The number of hydrogen-bond donors (Lipinski definition) is 3. The number of nitrogens with one attached hydrogen (secondary N) is 2. The van der Waals surface area contributed by atoms with Crippen LogP contribution < -0.4 is 5.32 Å². The van der Waals surface area contributed by atoms with Crippen molar-refractivity contribution in [2.75, 3.05) is 13.2 Å². The monoisotopic (exact) mass is 242 g/mol. The summed E-state index contributed by atoms with van der Waals surface area (Å²) in [5.41, 5.74) is 4.16. The Balaban J connectivity index is 1.85. The van der Waals surface area contributed by atoms with Gasteiger partial charge in [-0.25, -0.2) is 0 Å². The van der Waals surface area contributed by atoms with Crippen LogP contribution in [-0.4, -0.2) is 29.3 Å². The van der Waals surface area contributed by atoms with E-state index in [1.807, 2.05) is 0 Å². The van der Waals surface area contributed by atoms with Crippen LogP contribution in [0.1, 0.15) is 23.5 Å². The van der Waals surface area contributed by atoms with Gasteiger partial charge in [0.25, 0.3) is 0 Å². The molecule has 1 aromatic heterocycles. The Morgan fingerprint density at radius 2 is 2.28 bits per heavy atom. The van der Waals surface area contributed by atoms with Crippen LogP contribution in [0.5, 0.6) is 0 Å². The largest absolute Gasteiger partial charge is 0.396 e. The molecule has 2 aliphatic rings. The Hall–Kier alpha value is -1.32. The second kappa shape index (κ2) is 3.84. The molecule has 3 heteroatoms. The highest BCUT2D eigenvalue weighted by Crippen LogP contribution is 2.41. The molecule has 3 nitrogen and oxygen atoms in total. The standard InChI is InChI=1S/C15H18N2O/c18-8-9-4-12-11-2-1-3-13-15(11)10(7-17-13)5-14(12)16-6-9/h1-3,7,9,12,14,16-18H,4-6,8H2/t9?,12?,14-/m1/s1. The van der Waals surface area contributed by atoms with Crippen molar-refractivity contribution in [1.82, 2.24) is 10.3 Å². The summed E-state index contributed by atoms with van der Waals surface area (Å²) in [4.78, 5) is 3.38. The molecule has 4 rings (SSSR count). The molecule has 3 atom stereocenters. The van der Waals surface area contributed by atoms with E-state index in [0.29, 0.717) is 24.5 Å². The van der Waals surface area contributed by atoms with Crippen LogP contribution in [0.4, 0.5) is 0 Å². The summed E-state index contributed by atoms with van der Waals surface area (Å²) < 4.78 is 0. The van der Waals surface area contributed by atoms with Crippen LogP contribution in [0.15, 0.2) is 24.4 Å². The summed E-state index contributed by atoms with van der Waals surface area (Å²) in [6.45, 7) is 1.25. The Labute approximate surface area is 106 Å². The van der Waals surface area contributed by atoms with Gasteiger partial charge in [-0.05, 0) is 36.0 Å². The summed E-state index contributed by atoms with van der Waals surface area (Å²) >= 11 is 0. The minimum absolute atomic E-state index is 0.298. The van der Waals surface area contributed by atoms with Crippen LogP contribution >= 0.6 is 0 Å². The van der Waals surface area contributed by atoms with E-state index in [-0.39, 0.29) is 0 Å². The predicted octanol–water partition coefficient (Wildman–Crippen LogP) is 1.78. The van der Waals surface area contributed by atoms with E-state index < -0.39 is 0 Å². The van der Waals surface area contributed by atoms with Gasteiger partial charge < -0.3 is 15.4 Å². The number of piperidine rings is 1. The summed E-state index contributed by atoms with van der Waals surface area (Å²) in [5.74, 6) is 0.963. The van der Waals surface area contributed by atoms with Gasteiger partial charge in [-0.3, -0.25) is 0 Å². The van der Waals surface area contributed by atoms with Crippen molar-refractivity contribution in [3.8, 4) is 0 Å². The average molecular weight is 242 g/mol. The highest BCUT2D eigenvalue weighted by Gasteiger charge is 2.35. The first-order chi connectivity index (χ1) is 8.86. The van der Waals surface area contributed by atoms with Crippen molar-refractivity contribution in [3.05, 3.63) is 35.5 Å². The summed E-state index contributed by atoms with van der Waals surface area (Å²) in [6.07, 6.45) is 4.38. The normalized spacial score (nSPS) is 30.4. The summed E-state index contributed by atoms with van der Waals surface area (Å²) in [5, 5.41) is 14.4. The minimum atomic E-state index is 0.298. The third kappa shape index (κ3) is 1.38. The van der Waals surface area contributed by atoms with Crippen molar-refractivity contribution < 1.29 is 5.11 Å². The Bertz CT molecular complexity index is 589. The van der Waals surface area contributed by atoms with Gasteiger partial charge in [-0.15, -0.1) is 0 Å². The van der Waals surface area contributed by atoms with Crippen LogP contribution in [0.2, 0.25) is 0 Å². The highest BCUT2D eigenvalue weighted by molar-refractivity contribution is 5.88. The van der Waals surface area contributed by atoms with E-state index in [1.54, 1.807) is 0 Å². The molecule has 0 amide bonds. The lowest BCUT2D eigenvalue weighted by molar-refractivity contribution is 0.168. The molecular formula is C15H18N2O. The molecule has 0 saturated carbocycles. The fraction of sp³-hybridized carbons (Fsp3) is 0.467. The van der Waals surface area contributed by atoms with Crippen molar-refractivity contribution in [2.24, 2.45) is 5.92 Å². The molecule has 2 aromatic rings. The molecule has 2 heterocycles. The fourth-order valence-electron chi connectivity index (χ4n) is 3.76. The fourth-order valence-corrected chi connectivity index (χ4v) is 3.76. The van der Waals surface area contributed by atoms with Crippen molar-refractivity contribution >= 4 is 10.9 Å². The molecule has 0 spiro atoms. The van der Waals surface area contributed by atoms with Gasteiger partial charge in [-0.2, -0.15) is 0 Å². The molecule has 18 heavy (non-hydrogen) atoms. The molecule has 1 aliphatic carbocycles. The Morgan fingerprint density at radius 1 is 1.33 bits per heavy atom. The van der Waals surface area contributed by atoms with Crippen LogP contribution in [-0.2, 0) is 6.42 Å². The first-order valence-electron chi connectivity index (χ1n) is 6.80. The number of hydrogen-bond acceptors (Lipinski definition) is 2. The molecule has 1 aliphatic heterocycles. The second-order valence-corrected chi connectivity index (χ2v) is 5.69. The van der Waals surface area contributed by atoms with Crippen LogP contribution in [0.25, 0.3) is 10.9 Å². The van der Waals surface area contributed by atoms with E-state index in [9.17, 15) is 5.11 Å². The number of rotatable bonds is 1. The number of benzene rings is 1. The van der Waals surface area contributed by atoms with Gasteiger partial charge in [-0.1, -0.05) is 12.1 Å². The van der Waals surface area contributed by atoms with E-state index in [0.717, 1.165) is 19.4 Å². The van der Waals surface area contributed by atoms with Crippen molar-refractivity contribution in [3.63, 3.8) is 0 Å². The van der Waals surface area contributed by atoms with Gasteiger partial charge in [0.1, 0.15) is 0 Å². The lowest BCUT2D eigenvalue weighted by Gasteiger charge is -2.39. The summed E-state index contributed by atoms with van der Waals surface area (Å²) in [7, 11) is 0. The zero-order chi connectivity index (χ0) is 12.1. The maximum atomic E-state index is 9.38. The van der Waals surface area contributed by atoms with E-state index in [4.69, 9.17) is 0 Å². The van der Waals surface area contributed by atoms with Gasteiger partial charge >= 0.3 is 0 Å². The number of aliphatic hydroxyl groups is 1. The molecule has 1 fully saturated rings. The van der Waals surface area contributed by atoms with Crippen molar-refractivity contribution in [2.45, 2.75) is 24.8 Å². The van der Waals surface area contributed by atoms with Gasteiger partial charge in [0.15, 0.2) is 0 Å². The van der Waals surface area contributed by atoms with Crippen LogP contribution in [0, 0.1) is 5.92 Å². The summed E-state index contributed by atoms with van der Waals surface area (Å²) in [6, 6.07) is 7.10. The molecule has 2 unspecified atom stereocenters. The van der Waals surface area contributed by atoms with E-state index in [1.165, 1.54) is 22.0 Å². The number of aliphatic hydroxyl groups excluding tert-OH is 1. The van der Waals surface area contributed by atoms with Crippen LogP contribution in [0.3, 0.4) is 0 Å². The van der Waals surface area contributed by atoms with Crippen molar-refractivity contribution in [1.29, 1.82) is 0 Å². The minimum Gasteiger partial charge on any atom is -0.396 e. The average Bonchev–Trinajstić information content (AvgIpc) is 2.83. The smallest absolute Gasteiger partial charge is 0.0471 e. The number of aromatic amines is 1. The number of fused-ring (bicyclic) bond motifs is 2. The molecule has 1 aromatic carbocycles. The van der Waals surface area contributed by atoms with E-state index >= 15 is 0 Å². The Morgan fingerprint density at radius 3 is 3.17 bits per heavy atom.